The van der Waals surface area contributed by atoms with E-state index in [2.05, 4.69) is 6.08 Å². The van der Waals surface area contributed by atoms with Crippen LogP contribution in [0.25, 0.3) is 0 Å². The molecule has 17 heavy (non-hydrogen) atoms. The van der Waals surface area contributed by atoms with Crippen molar-refractivity contribution < 1.29 is 14.3 Å². The number of hydrogen-bond acceptors (Lipinski definition) is 3. The number of ketones is 1. The van der Waals surface area contributed by atoms with Crippen molar-refractivity contribution in [3.63, 3.8) is 0 Å². The van der Waals surface area contributed by atoms with Gasteiger partial charge in [0.25, 0.3) is 0 Å². The summed E-state index contributed by atoms with van der Waals surface area (Å²) in [6, 6.07) is 0. The standard InChI is InChI=1S/C14H18O3/c15-12-5-3-4-11(10-12)13-6-1-2-7-14(13)16-8-9-17-14/h6,10H,1-5,7-9H2. The summed E-state index contributed by atoms with van der Waals surface area (Å²) in [6.07, 6.45) is 9.72. The molecule has 1 aliphatic heterocycles. The SMILES string of the molecule is O=C1C=C(C2=CCCCC23OCCO3)CCC1. The minimum atomic E-state index is -0.526. The molecule has 0 aromatic carbocycles. The fourth-order valence-electron chi connectivity index (χ4n) is 3.01. The Balaban J connectivity index is 1.94. The smallest absolute Gasteiger partial charge is 0.194 e. The highest BCUT2D eigenvalue weighted by Crippen LogP contribution is 2.42. The van der Waals surface area contributed by atoms with E-state index in [-0.39, 0.29) is 5.78 Å². The van der Waals surface area contributed by atoms with Crippen molar-refractivity contribution in [3.05, 3.63) is 23.3 Å². The maximum absolute atomic E-state index is 11.5. The third-order valence-electron chi connectivity index (χ3n) is 3.77. The highest BCUT2D eigenvalue weighted by Gasteiger charge is 2.42. The van der Waals surface area contributed by atoms with Gasteiger partial charge in [-0.15, -0.1) is 0 Å². The second-order valence-corrected chi connectivity index (χ2v) is 4.95. The number of allylic oxidation sites excluding steroid dienone is 2. The highest BCUT2D eigenvalue weighted by atomic mass is 16.7. The maximum atomic E-state index is 11.5. The molecule has 0 amide bonds. The van der Waals surface area contributed by atoms with Crippen LogP contribution in [-0.4, -0.2) is 24.8 Å². The van der Waals surface area contributed by atoms with Gasteiger partial charge in [-0.1, -0.05) is 6.08 Å². The zero-order valence-corrected chi connectivity index (χ0v) is 10.0. The average molecular weight is 234 g/mol. The molecule has 1 fully saturated rings. The van der Waals surface area contributed by atoms with Crippen LogP contribution in [0.15, 0.2) is 23.3 Å². The quantitative estimate of drug-likeness (QED) is 0.699. The molecule has 0 radical (unpaired) electrons. The minimum Gasteiger partial charge on any atom is -0.343 e. The molecule has 0 saturated carbocycles. The topological polar surface area (TPSA) is 35.5 Å². The summed E-state index contributed by atoms with van der Waals surface area (Å²) >= 11 is 0. The molecule has 0 bridgehead atoms. The Bertz CT molecular complexity index is 386. The van der Waals surface area contributed by atoms with Crippen molar-refractivity contribution in [1.29, 1.82) is 0 Å². The van der Waals surface area contributed by atoms with Gasteiger partial charge in [0, 0.05) is 18.4 Å². The average Bonchev–Trinajstić information content (AvgIpc) is 2.79. The molecular weight excluding hydrogens is 216 g/mol. The van der Waals surface area contributed by atoms with Gasteiger partial charge in [-0.25, -0.2) is 0 Å². The summed E-state index contributed by atoms with van der Waals surface area (Å²) in [4.78, 5) is 11.5. The summed E-state index contributed by atoms with van der Waals surface area (Å²) in [5, 5.41) is 0. The molecule has 92 valence electrons. The molecule has 0 aromatic heterocycles. The molecule has 3 rings (SSSR count). The zero-order valence-electron chi connectivity index (χ0n) is 10.0. The van der Waals surface area contributed by atoms with E-state index in [9.17, 15) is 4.79 Å². The van der Waals surface area contributed by atoms with E-state index in [0.717, 1.165) is 43.3 Å². The first-order valence-electron chi connectivity index (χ1n) is 6.52. The maximum Gasteiger partial charge on any atom is 0.194 e. The lowest BCUT2D eigenvalue weighted by molar-refractivity contribution is -0.133. The molecule has 1 saturated heterocycles. The second kappa shape index (κ2) is 4.39. The van der Waals surface area contributed by atoms with Crippen molar-refractivity contribution >= 4 is 5.78 Å². The summed E-state index contributed by atoms with van der Waals surface area (Å²) in [7, 11) is 0. The van der Waals surface area contributed by atoms with Crippen LogP contribution in [0.1, 0.15) is 38.5 Å². The first kappa shape index (κ1) is 11.2. The van der Waals surface area contributed by atoms with Gasteiger partial charge >= 0.3 is 0 Å². The van der Waals surface area contributed by atoms with Gasteiger partial charge < -0.3 is 9.47 Å². The number of hydrogen-bond donors (Lipinski definition) is 0. The molecule has 1 heterocycles. The molecule has 3 aliphatic rings. The van der Waals surface area contributed by atoms with Crippen molar-refractivity contribution in [2.75, 3.05) is 13.2 Å². The van der Waals surface area contributed by atoms with E-state index >= 15 is 0 Å². The van der Waals surface area contributed by atoms with E-state index < -0.39 is 5.79 Å². The number of carbonyl (C=O) groups excluding carboxylic acids is 1. The van der Waals surface area contributed by atoms with E-state index in [1.165, 1.54) is 0 Å². The predicted octanol–water partition coefficient (Wildman–Crippen LogP) is 2.52. The lowest BCUT2D eigenvalue weighted by Gasteiger charge is -2.35. The monoisotopic (exact) mass is 234 g/mol. The van der Waals surface area contributed by atoms with E-state index in [1.807, 2.05) is 0 Å². The Morgan fingerprint density at radius 2 is 1.94 bits per heavy atom. The van der Waals surface area contributed by atoms with Crippen LogP contribution in [0, 0.1) is 0 Å². The number of ether oxygens (including phenoxy) is 2. The van der Waals surface area contributed by atoms with Gasteiger partial charge in [-0.2, -0.15) is 0 Å². The van der Waals surface area contributed by atoms with Gasteiger partial charge in [0.05, 0.1) is 13.2 Å². The zero-order chi connectivity index (χ0) is 11.7. The lowest BCUT2D eigenvalue weighted by atomic mass is 9.83. The van der Waals surface area contributed by atoms with E-state index in [4.69, 9.17) is 9.47 Å². The molecule has 0 aromatic rings. The number of rotatable bonds is 1. The molecular formula is C14H18O3. The van der Waals surface area contributed by atoms with Gasteiger partial charge in [0.2, 0.25) is 0 Å². The van der Waals surface area contributed by atoms with Crippen LogP contribution in [0.3, 0.4) is 0 Å². The van der Waals surface area contributed by atoms with Crippen LogP contribution in [0.2, 0.25) is 0 Å². The molecule has 0 N–H and O–H groups in total. The number of carbonyl (C=O) groups is 1. The van der Waals surface area contributed by atoms with E-state index in [1.54, 1.807) is 6.08 Å². The summed E-state index contributed by atoms with van der Waals surface area (Å²) in [5.41, 5.74) is 2.28. The second-order valence-electron chi connectivity index (χ2n) is 4.95. The van der Waals surface area contributed by atoms with Gasteiger partial charge in [0.15, 0.2) is 11.6 Å². The minimum absolute atomic E-state index is 0.242. The van der Waals surface area contributed by atoms with Crippen LogP contribution in [0.5, 0.6) is 0 Å². The molecule has 2 aliphatic carbocycles. The Morgan fingerprint density at radius 1 is 1.12 bits per heavy atom. The van der Waals surface area contributed by atoms with Crippen LogP contribution < -0.4 is 0 Å². The van der Waals surface area contributed by atoms with Gasteiger partial charge in [0.1, 0.15) is 0 Å². The summed E-state index contributed by atoms with van der Waals surface area (Å²) in [6.45, 7) is 1.33. The molecule has 3 nitrogen and oxygen atoms in total. The van der Waals surface area contributed by atoms with Crippen molar-refractivity contribution in [2.24, 2.45) is 0 Å². The Morgan fingerprint density at radius 3 is 2.71 bits per heavy atom. The van der Waals surface area contributed by atoms with Crippen LogP contribution >= 0.6 is 0 Å². The summed E-state index contributed by atoms with van der Waals surface area (Å²) in [5.74, 6) is -0.285. The van der Waals surface area contributed by atoms with Crippen molar-refractivity contribution in [1.82, 2.24) is 0 Å². The third-order valence-corrected chi connectivity index (χ3v) is 3.77. The molecule has 3 heteroatoms. The van der Waals surface area contributed by atoms with Crippen LogP contribution in [-0.2, 0) is 14.3 Å². The fraction of sp³-hybridized carbons (Fsp3) is 0.643. The summed E-state index contributed by atoms with van der Waals surface area (Å²) < 4.78 is 11.7. The lowest BCUT2D eigenvalue weighted by Crippen LogP contribution is -2.36. The molecule has 0 unspecified atom stereocenters. The van der Waals surface area contributed by atoms with Crippen molar-refractivity contribution in [3.8, 4) is 0 Å². The highest BCUT2D eigenvalue weighted by molar-refractivity contribution is 5.92. The Labute approximate surface area is 101 Å². The molecule has 1 spiro atoms. The van der Waals surface area contributed by atoms with Crippen molar-refractivity contribution in [2.45, 2.75) is 44.3 Å². The largest absolute Gasteiger partial charge is 0.343 e. The first-order valence-corrected chi connectivity index (χ1v) is 6.52. The van der Waals surface area contributed by atoms with Gasteiger partial charge in [-0.05, 0) is 37.3 Å². The first-order chi connectivity index (χ1) is 8.30. The normalized spacial score (nSPS) is 28.1. The van der Waals surface area contributed by atoms with Crippen LogP contribution in [0.4, 0.5) is 0 Å². The molecule has 0 atom stereocenters. The third kappa shape index (κ3) is 1.98. The Hall–Kier alpha value is -0.930. The Kier molecular flexibility index (Phi) is 2.89. The fourth-order valence-corrected chi connectivity index (χ4v) is 3.01. The predicted molar refractivity (Wildman–Crippen MR) is 63.5 cm³/mol. The van der Waals surface area contributed by atoms with E-state index in [0.29, 0.717) is 19.6 Å². The van der Waals surface area contributed by atoms with Gasteiger partial charge in [-0.3, -0.25) is 4.79 Å².